The van der Waals surface area contributed by atoms with Gasteiger partial charge in [0.25, 0.3) is 0 Å². The maximum atomic E-state index is 5.13. The third-order valence-electron chi connectivity index (χ3n) is 3.45. The van der Waals surface area contributed by atoms with Crippen LogP contribution >= 0.6 is 0 Å². The van der Waals surface area contributed by atoms with E-state index in [1.54, 1.807) is 0 Å². The normalized spacial score (nSPS) is 10.6. The van der Waals surface area contributed by atoms with E-state index in [0.717, 1.165) is 5.75 Å². The summed E-state index contributed by atoms with van der Waals surface area (Å²) in [5.74, 6) is 1.41. The minimum absolute atomic E-state index is 0. The van der Waals surface area contributed by atoms with Crippen molar-refractivity contribution in [2.24, 2.45) is 0 Å². The Morgan fingerprint density at radius 3 is 1.60 bits per heavy atom. The van der Waals surface area contributed by atoms with Crippen molar-refractivity contribution in [2.45, 2.75) is 19.3 Å². The number of hydrogen-bond donors (Lipinski definition) is 0. The molecular weight excluding hydrogens is 325 g/mol. The Morgan fingerprint density at radius 1 is 0.850 bits per heavy atom. The van der Waals surface area contributed by atoms with Crippen LogP contribution in [0.2, 0.25) is 0 Å². The summed E-state index contributed by atoms with van der Waals surface area (Å²) < 4.78 is 9.63. The van der Waals surface area contributed by atoms with Gasteiger partial charge in [-0.2, -0.15) is 7.11 Å². The molecule has 0 fully saturated rings. The van der Waals surface area contributed by atoms with Gasteiger partial charge in [0.1, 0.15) is 5.75 Å². The second-order valence-electron chi connectivity index (χ2n) is 4.94. The fraction of sp³-hybridized carbons (Fsp3) is 0.176. The average Bonchev–Trinajstić information content (AvgIpc) is 2.47. The van der Waals surface area contributed by atoms with E-state index in [9.17, 15) is 0 Å². The quantitative estimate of drug-likeness (QED) is 0.775. The topological polar surface area (TPSA) is 18.5 Å². The Morgan fingerprint density at radius 2 is 1.25 bits per heavy atom. The molecule has 2 rings (SSSR count). The van der Waals surface area contributed by atoms with Crippen molar-refractivity contribution in [1.82, 2.24) is 0 Å². The van der Waals surface area contributed by atoms with E-state index in [2.05, 4.69) is 21.0 Å². The van der Waals surface area contributed by atoms with Crippen molar-refractivity contribution in [3.63, 3.8) is 0 Å². The van der Waals surface area contributed by atoms with Gasteiger partial charge in [-0.1, -0.05) is 38.1 Å². The molecule has 0 spiro atoms. The molecule has 0 N–H and O–H groups in total. The third kappa shape index (κ3) is 3.62. The van der Waals surface area contributed by atoms with Crippen LogP contribution in [0.4, 0.5) is 0 Å². The van der Waals surface area contributed by atoms with E-state index in [1.807, 2.05) is 48.5 Å². The maximum Gasteiger partial charge on any atom is 0.180 e. The van der Waals surface area contributed by atoms with E-state index < -0.39 is 0 Å². The largest absolute Gasteiger partial charge is 0.665 e. The van der Waals surface area contributed by atoms with Crippen molar-refractivity contribution in [1.29, 1.82) is 0 Å². The molecule has 2 nitrogen and oxygen atoms in total. The van der Waals surface area contributed by atoms with Gasteiger partial charge in [-0.15, -0.1) is 0 Å². The van der Waals surface area contributed by atoms with Crippen molar-refractivity contribution >= 4 is 0 Å². The zero-order chi connectivity index (χ0) is 13.9. The Labute approximate surface area is 146 Å². The molecule has 0 atom stereocenters. The van der Waals surface area contributed by atoms with Gasteiger partial charge in [-0.3, -0.25) is 0 Å². The maximum absolute atomic E-state index is 5.13. The Hall–Kier alpha value is -0.856. The zero-order valence-electron chi connectivity index (χ0n) is 11.8. The molecule has 0 aliphatic rings. The molecule has 0 aliphatic heterocycles. The fourth-order valence-corrected chi connectivity index (χ4v) is 2.08. The summed E-state index contributed by atoms with van der Waals surface area (Å²) in [5, 5.41) is 0. The van der Waals surface area contributed by atoms with Crippen molar-refractivity contribution < 1.29 is 42.2 Å². The van der Waals surface area contributed by atoms with Crippen LogP contribution in [-0.2, 0) is 38.1 Å². The molecule has 0 bridgehead atoms. The minimum atomic E-state index is -0.104. The van der Waals surface area contributed by atoms with Gasteiger partial charge in [0.05, 0.1) is 5.75 Å². The molecule has 2 aromatic rings. The summed E-state index contributed by atoms with van der Waals surface area (Å²) >= 11 is 0. The number of benzene rings is 2. The number of rotatable bonds is 4. The van der Waals surface area contributed by atoms with Crippen molar-refractivity contribution in [2.75, 3.05) is 0 Å². The van der Waals surface area contributed by atoms with E-state index in [4.69, 9.17) is 16.6 Å². The van der Waals surface area contributed by atoms with Gasteiger partial charge in [0.2, 0.25) is 0 Å². The number of hydrogen-bond acceptors (Lipinski definition) is 2. The van der Waals surface area contributed by atoms with E-state index >= 15 is 0 Å². The summed E-state index contributed by atoms with van der Waals surface area (Å²) in [5.41, 5.74) is 2.29. The van der Waals surface area contributed by atoms with Crippen LogP contribution in [0.1, 0.15) is 25.0 Å². The van der Waals surface area contributed by atoms with Crippen LogP contribution in [0.25, 0.3) is 0 Å². The van der Waals surface area contributed by atoms with Crippen LogP contribution in [0, 0.1) is 14.2 Å². The summed E-state index contributed by atoms with van der Waals surface area (Å²) in [6.45, 7) is 4.34. The summed E-state index contributed by atoms with van der Waals surface area (Å²) in [4.78, 5) is 0. The molecule has 3 radical (unpaired) electrons. The summed E-state index contributed by atoms with van der Waals surface area (Å²) in [6, 6.07) is 15.7. The van der Waals surface area contributed by atoms with Gasteiger partial charge >= 0.3 is 0 Å². The van der Waals surface area contributed by atoms with Gasteiger partial charge in [0.15, 0.2) is 7.11 Å². The minimum Gasteiger partial charge on any atom is -0.665 e. The summed E-state index contributed by atoms with van der Waals surface area (Å²) in [6.07, 6.45) is 0. The monoisotopic (exact) mass is 342 g/mol. The van der Waals surface area contributed by atoms with Crippen LogP contribution in [0.5, 0.6) is 11.5 Å². The smallest absolute Gasteiger partial charge is 0.180 e. The van der Waals surface area contributed by atoms with Crippen LogP contribution < -0.4 is 9.47 Å². The van der Waals surface area contributed by atoms with E-state index in [0.29, 0.717) is 5.75 Å². The summed E-state index contributed by atoms with van der Waals surface area (Å²) in [7, 11) is 8.53. The van der Waals surface area contributed by atoms with Gasteiger partial charge in [-0.25, -0.2) is 0 Å². The fourth-order valence-electron chi connectivity index (χ4n) is 2.08. The molecule has 20 heavy (non-hydrogen) atoms. The first-order chi connectivity index (χ1) is 9.07. The Bertz CT molecular complexity index is 480. The van der Waals surface area contributed by atoms with Gasteiger partial charge < -0.3 is 9.47 Å². The zero-order valence-corrected chi connectivity index (χ0v) is 14.6. The van der Waals surface area contributed by atoms with Crippen LogP contribution in [-0.4, -0.2) is 0 Å². The SMILES string of the molecule is [CH]Oc1ccc(C(C)(C)c2ccc(O[CH2-])cc2)cc1.[Y]. The Balaban J connectivity index is 0.00000200. The molecule has 0 aromatic heterocycles. The van der Waals surface area contributed by atoms with Crippen molar-refractivity contribution in [3.8, 4) is 11.5 Å². The molecule has 0 saturated carbocycles. The molecule has 0 aliphatic carbocycles. The molecule has 0 heterocycles. The average molecular weight is 342 g/mol. The molecule has 2 aromatic carbocycles. The molecule has 3 heteroatoms. The molecular formula is C17H17O2Y-. The van der Waals surface area contributed by atoms with E-state index in [1.165, 1.54) is 11.1 Å². The first-order valence-corrected chi connectivity index (χ1v) is 6.08. The third-order valence-corrected chi connectivity index (χ3v) is 3.45. The molecule has 0 unspecified atom stereocenters. The molecule has 101 valence electrons. The molecule has 0 saturated heterocycles. The van der Waals surface area contributed by atoms with Crippen LogP contribution in [0.15, 0.2) is 48.5 Å². The predicted octanol–water partition coefficient (Wildman–Crippen LogP) is 4.23. The standard InChI is InChI=1S/C17H17O2.Y/c1-17(2,13-5-9-15(18-3)10-6-13)14-7-11-16(19-4)12-8-14;/h3,5-12H,4H2,1-2H3;/q-1;. The first kappa shape index (κ1) is 17.2. The predicted molar refractivity (Wildman–Crippen MR) is 75.9 cm³/mol. The van der Waals surface area contributed by atoms with Gasteiger partial charge in [-0.05, 0) is 35.4 Å². The second kappa shape index (κ2) is 7.24. The first-order valence-electron chi connectivity index (χ1n) is 6.08. The van der Waals surface area contributed by atoms with Crippen molar-refractivity contribution in [3.05, 3.63) is 73.9 Å². The second-order valence-corrected chi connectivity index (χ2v) is 4.94. The van der Waals surface area contributed by atoms with Crippen LogP contribution in [0.3, 0.4) is 0 Å². The molecule has 0 amide bonds. The Kier molecular flexibility index (Phi) is 6.22. The van der Waals surface area contributed by atoms with Gasteiger partial charge in [0, 0.05) is 38.1 Å². The van der Waals surface area contributed by atoms with E-state index in [-0.39, 0.29) is 38.1 Å². The number of ether oxygens (including phenoxy) is 2.